The molecule has 8 nitrogen and oxygen atoms in total. The molecule has 0 radical (unpaired) electrons. The van der Waals surface area contributed by atoms with Crippen molar-refractivity contribution >= 4 is 17.7 Å². The Morgan fingerprint density at radius 3 is 2.80 bits per heavy atom. The highest BCUT2D eigenvalue weighted by atomic mass is 16.5. The number of carbonyl (C=O) groups excluding carboxylic acids is 1. The molecule has 1 saturated heterocycles. The van der Waals surface area contributed by atoms with Crippen LogP contribution in [0.1, 0.15) is 38.2 Å². The van der Waals surface area contributed by atoms with Crippen LogP contribution in [0.2, 0.25) is 0 Å². The average Bonchev–Trinajstić information content (AvgIpc) is 3.59. The minimum absolute atomic E-state index is 0.0254. The Bertz CT molecular complexity index is 713. The van der Waals surface area contributed by atoms with Gasteiger partial charge in [0.05, 0.1) is 13.2 Å². The summed E-state index contributed by atoms with van der Waals surface area (Å²) in [6.07, 6.45) is 6.00. The normalized spacial score (nSPS) is 17.8. The first kappa shape index (κ1) is 22.3. The molecule has 0 atom stereocenters. The first-order valence-electron chi connectivity index (χ1n) is 11.1. The largest absolute Gasteiger partial charge is 0.379 e. The van der Waals surface area contributed by atoms with Gasteiger partial charge in [0.1, 0.15) is 5.82 Å². The Balaban J connectivity index is 1.58. The SMILES string of the molecule is CCNC(=NCc1cccnc1N1CCC(C(N)=O)CC1)N(C)CCOCC1CC1. The third-order valence-corrected chi connectivity index (χ3v) is 5.78. The summed E-state index contributed by atoms with van der Waals surface area (Å²) < 4.78 is 5.77. The summed E-state index contributed by atoms with van der Waals surface area (Å²) in [7, 11) is 2.04. The first-order valence-corrected chi connectivity index (χ1v) is 11.1. The van der Waals surface area contributed by atoms with E-state index in [1.165, 1.54) is 12.8 Å². The van der Waals surface area contributed by atoms with Crippen LogP contribution in [-0.4, -0.2) is 68.2 Å². The highest BCUT2D eigenvalue weighted by molar-refractivity contribution is 5.79. The quantitative estimate of drug-likeness (QED) is 0.342. The van der Waals surface area contributed by atoms with Gasteiger partial charge in [0, 0.05) is 57.5 Å². The van der Waals surface area contributed by atoms with E-state index in [0.29, 0.717) is 13.2 Å². The molecule has 30 heavy (non-hydrogen) atoms. The molecule has 3 rings (SSSR count). The van der Waals surface area contributed by atoms with Crippen LogP contribution >= 0.6 is 0 Å². The number of anilines is 1. The Labute approximate surface area is 179 Å². The summed E-state index contributed by atoms with van der Waals surface area (Å²) in [5, 5.41) is 3.37. The van der Waals surface area contributed by atoms with Crippen molar-refractivity contribution in [1.82, 2.24) is 15.2 Å². The van der Waals surface area contributed by atoms with Gasteiger partial charge in [0.15, 0.2) is 5.96 Å². The van der Waals surface area contributed by atoms with Gasteiger partial charge in [-0.05, 0) is 44.6 Å². The van der Waals surface area contributed by atoms with Gasteiger partial charge >= 0.3 is 0 Å². The summed E-state index contributed by atoms with van der Waals surface area (Å²) in [4.78, 5) is 25.3. The van der Waals surface area contributed by atoms with Crippen LogP contribution in [0.25, 0.3) is 0 Å². The van der Waals surface area contributed by atoms with E-state index in [0.717, 1.165) is 68.9 Å². The summed E-state index contributed by atoms with van der Waals surface area (Å²) in [6.45, 7) is 7.42. The van der Waals surface area contributed by atoms with Crippen LogP contribution < -0.4 is 16.0 Å². The Kier molecular flexibility index (Phi) is 8.30. The van der Waals surface area contributed by atoms with Crippen LogP contribution in [0, 0.1) is 11.8 Å². The van der Waals surface area contributed by atoms with E-state index in [2.05, 4.69) is 33.1 Å². The molecule has 0 bridgehead atoms. The third kappa shape index (κ3) is 6.58. The highest BCUT2D eigenvalue weighted by Gasteiger charge is 2.25. The van der Waals surface area contributed by atoms with Gasteiger partial charge in [0.2, 0.25) is 5.91 Å². The van der Waals surface area contributed by atoms with Crippen LogP contribution in [-0.2, 0) is 16.1 Å². The summed E-state index contributed by atoms with van der Waals surface area (Å²) in [6, 6.07) is 4.03. The van der Waals surface area contributed by atoms with Gasteiger partial charge in [-0.15, -0.1) is 0 Å². The zero-order valence-corrected chi connectivity index (χ0v) is 18.3. The molecule has 1 aromatic heterocycles. The molecule has 0 spiro atoms. The van der Waals surface area contributed by atoms with E-state index in [1.807, 2.05) is 19.3 Å². The number of pyridine rings is 1. The highest BCUT2D eigenvalue weighted by Crippen LogP contribution is 2.28. The number of aromatic nitrogens is 1. The van der Waals surface area contributed by atoms with Gasteiger partial charge in [-0.2, -0.15) is 0 Å². The monoisotopic (exact) mass is 416 g/mol. The lowest BCUT2D eigenvalue weighted by Crippen LogP contribution is -2.41. The minimum Gasteiger partial charge on any atom is -0.379 e. The number of nitrogens with one attached hydrogen (secondary N) is 1. The van der Waals surface area contributed by atoms with Gasteiger partial charge in [-0.25, -0.2) is 9.98 Å². The van der Waals surface area contributed by atoms with Gasteiger partial charge in [-0.1, -0.05) is 6.07 Å². The van der Waals surface area contributed by atoms with E-state index in [4.69, 9.17) is 15.5 Å². The number of ether oxygens (including phenoxy) is 1. The molecule has 1 amide bonds. The third-order valence-electron chi connectivity index (χ3n) is 5.78. The van der Waals surface area contributed by atoms with Crippen LogP contribution in [0.3, 0.4) is 0 Å². The number of aliphatic imine (C=N–C) groups is 1. The lowest BCUT2D eigenvalue weighted by Gasteiger charge is -2.32. The summed E-state index contributed by atoms with van der Waals surface area (Å²) >= 11 is 0. The van der Waals surface area contributed by atoms with Crippen molar-refractivity contribution in [2.45, 2.75) is 39.2 Å². The second kappa shape index (κ2) is 11.2. The number of amides is 1. The predicted octanol–water partition coefficient (Wildman–Crippen LogP) is 1.61. The number of hydrogen-bond donors (Lipinski definition) is 2. The van der Waals surface area contributed by atoms with Crippen LogP contribution in [0.4, 0.5) is 5.82 Å². The second-order valence-corrected chi connectivity index (χ2v) is 8.26. The van der Waals surface area contributed by atoms with Crippen molar-refractivity contribution in [2.24, 2.45) is 22.6 Å². The Morgan fingerprint density at radius 2 is 2.13 bits per heavy atom. The fourth-order valence-corrected chi connectivity index (χ4v) is 3.69. The minimum atomic E-state index is -0.195. The lowest BCUT2D eigenvalue weighted by molar-refractivity contribution is -0.122. The molecule has 8 heteroatoms. The molecule has 2 heterocycles. The maximum absolute atomic E-state index is 11.4. The summed E-state index contributed by atoms with van der Waals surface area (Å²) in [5.74, 6) is 2.39. The zero-order valence-electron chi connectivity index (χ0n) is 18.3. The molecule has 0 unspecified atom stereocenters. The molecule has 1 aromatic rings. The average molecular weight is 417 g/mol. The van der Waals surface area contributed by atoms with Gasteiger partial charge in [0.25, 0.3) is 0 Å². The first-order chi connectivity index (χ1) is 14.6. The maximum Gasteiger partial charge on any atom is 0.220 e. The number of nitrogens with two attached hydrogens (primary N) is 1. The molecular weight excluding hydrogens is 380 g/mol. The molecule has 0 aromatic carbocycles. The van der Waals surface area contributed by atoms with E-state index >= 15 is 0 Å². The molecule has 1 aliphatic heterocycles. The molecule has 2 aliphatic rings. The lowest BCUT2D eigenvalue weighted by atomic mass is 9.96. The van der Waals surface area contributed by atoms with Crippen molar-refractivity contribution in [3.8, 4) is 0 Å². The Hall–Kier alpha value is -2.35. The van der Waals surface area contributed by atoms with E-state index in [-0.39, 0.29) is 11.8 Å². The predicted molar refractivity (Wildman–Crippen MR) is 119 cm³/mol. The van der Waals surface area contributed by atoms with E-state index in [9.17, 15) is 4.79 Å². The number of nitrogens with zero attached hydrogens (tertiary/aromatic N) is 4. The molecule has 166 valence electrons. The fraction of sp³-hybridized carbons (Fsp3) is 0.682. The molecule has 3 N–H and O–H groups in total. The number of hydrogen-bond acceptors (Lipinski definition) is 5. The van der Waals surface area contributed by atoms with Crippen molar-refractivity contribution in [2.75, 3.05) is 51.3 Å². The molecular formula is C22H36N6O2. The van der Waals surface area contributed by atoms with Gasteiger partial charge in [-0.3, -0.25) is 4.79 Å². The van der Waals surface area contributed by atoms with Crippen LogP contribution in [0.15, 0.2) is 23.3 Å². The molecule has 2 fully saturated rings. The smallest absolute Gasteiger partial charge is 0.220 e. The topological polar surface area (TPSA) is 96.1 Å². The number of carbonyl (C=O) groups is 1. The van der Waals surface area contributed by atoms with Crippen molar-refractivity contribution in [1.29, 1.82) is 0 Å². The number of guanidine groups is 1. The van der Waals surface area contributed by atoms with Crippen LogP contribution in [0.5, 0.6) is 0 Å². The van der Waals surface area contributed by atoms with E-state index in [1.54, 1.807) is 0 Å². The maximum atomic E-state index is 11.4. The number of likely N-dealkylation sites (N-methyl/N-ethyl adjacent to an activating group) is 1. The Morgan fingerprint density at radius 1 is 1.37 bits per heavy atom. The molecule has 1 aliphatic carbocycles. The van der Waals surface area contributed by atoms with Crippen molar-refractivity contribution in [3.05, 3.63) is 23.9 Å². The van der Waals surface area contributed by atoms with Gasteiger partial charge < -0.3 is 25.6 Å². The van der Waals surface area contributed by atoms with Crippen molar-refractivity contribution < 1.29 is 9.53 Å². The van der Waals surface area contributed by atoms with E-state index < -0.39 is 0 Å². The number of rotatable bonds is 10. The second-order valence-electron chi connectivity index (χ2n) is 8.26. The zero-order chi connectivity index (χ0) is 21.3. The number of piperidine rings is 1. The van der Waals surface area contributed by atoms with Crippen molar-refractivity contribution in [3.63, 3.8) is 0 Å². The molecule has 1 saturated carbocycles. The summed E-state index contributed by atoms with van der Waals surface area (Å²) in [5.41, 5.74) is 6.56. The fourth-order valence-electron chi connectivity index (χ4n) is 3.69. The standard InChI is InChI=1S/C22H36N6O2/c1-3-24-22(27(2)13-14-30-16-17-6-7-17)26-15-19-5-4-10-25-21(19)28-11-8-18(9-12-28)20(23)29/h4-5,10,17-18H,3,6-9,11-16H2,1-2H3,(H2,23,29)(H,24,26). The number of primary amides is 1.